The van der Waals surface area contributed by atoms with Crippen LogP contribution in [0.1, 0.15) is 19.3 Å². The topological polar surface area (TPSA) is 63.9 Å². The molecule has 0 atom stereocenters. The van der Waals surface area contributed by atoms with Crippen LogP contribution in [0.2, 0.25) is 0 Å². The fourth-order valence-corrected chi connectivity index (χ4v) is 1.99. The molecule has 0 spiro atoms. The Kier molecular flexibility index (Phi) is 2.66. The Morgan fingerprint density at radius 2 is 2.17 bits per heavy atom. The number of hydrogen-bond acceptors (Lipinski definition) is 3. The van der Waals surface area contributed by atoms with E-state index in [1.165, 1.54) is 18.6 Å². The molecule has 0 radical (unpaired) electrons. The van der Waals surface area contributed by atoms with Gasteiger partial charge >= 0.3 is 0 Å². The highest BCUT2D eigenvalue weighted by Gasteiger charge is 2.21. The van der Waals surface area contributed by atoms with Gasteiger partial charge in [0.2, 0.25) is 0 Å². The number of halogens is 1. The highest BCUT2D eigenvalue weighted by atomic mass is 19.1. The predicted octanol–water partition coefficient (Wildman–Crippen LogP) is 2.73. The second kappa shape index (κ2) is 4.33. The van der Waals surface area contributed by atoms with Crippen molar-refractivity contribution in [1.29, 1.82) is 0 Å². The highest BCUT2D eigenvalue weighted by molar-refractivity contribution is 5.77. The second-order valence-electron chi connectivity index (χ2n) is 4.51. The lowest BCUT2D eigenvalue weighted by Crippen LogP contribution is -2.24. The zero-order chi connectivity index (χ0) is 12.5. The summed E-state index contributed by atoms with van der Waals surface area (Å²) >= 11 is 0. The maximum absolute atomic E-state index is 13.4. The van der Waals surface area contributed by atoms with E-state index in [2.05, 4.69) is 10.2 Å². The molecule has 1 aromatic carbocycles. The molecule has 5 heteroatoms. The fraction of sp³-hybridized carbons (Fsp3) is 0.308. The van der Waals surface area contributed by atoms with E-state index in [4.69, 9.17) is 10.5 Å². The molecule has 0 bridgehead atoms. The smallest absolute Gasteiger partial charge is 0.127 e. The van der Waals surface area contributed by atoms with Crippen LogP contribution in [0.25, 0.3) is 11.1 Å². The van der Waals surface area contributed by atoms with E-state index in [1.54, 1.807) is 12.3 Å². The van der Waals surface area contributed by atoms with E-state index in [9.17, 15) is 4.39 Å². The molecule has 3 N–H and O–H groups in total. The van der Waals surface area contributed by atoms with Crippen LogP contribution in [0, 0.1) is 5.82 Å². The number of nitrogens with one attached hydrogen (secondary N) is 1. The molecule has 18 heavy (non-hydrogen) atoms. The molecular weight excluding hydrogens is 233 g/mol. The van der Waals surface area contributed by atoms with E-state index in [1.807, 2.05) is 0 Å². The average Bonchev–Trinajstić information content (AvgIpc) is 2.71. The zero-order valence-corrected chi connectivity index (χ0v) is 9.82. The third-order valence-corrected chi connectivity index (χ3v) is 3.25. The summed E-state index contributed by atoms with van der Waals surface area (Å²) in [4.78, 5) is 0. The minimum Gasteiger partial charge on any atom is -0.490 e. The van der Waals surface area contributed by atoms with Gasteiger partial charge in [0, 0.05) is 11.1 Å². The molecule has 0 saturated heterocycles. The first kappa shape index (κ1) is 11.1. The summed E-state index contributed by atoms with van der Waals surface area (Å²) < 4.78 is 19.2. The Labute approximate surface area is 104 Å². The molecule has 1 aliphatic rings. The first-order valence-corrected chi connectivity index (χ1v) is 5.99. The van der Waals surface area contributed by atoms with Gasteiger partial charge in [0.25, 0.3) is 0 Å². The zero-order valence-electron chi connectivity index (χ0n) is 9.82. The summed E-state index contributed by atoms with van der Waals surface area (Å²) in [6.45, 7) is 0. The summed E-state index contributed by atoms with van der Waals surface area (Å²) in [6, 6.07) is 4.47. The summed E-state index contributed by atoms with van der Waals surface area (Å²) in [5, 5.41) is 6.50. The van der Waals surface area contributed by atoms with Crippen molar-refractivity contribution < 1.29 is 9.13 Å². The number of hydrogen-bond donors (Lipinski definition) is 2. The van der Waals surface area contributed by atoms with Crippen LogP contribution in [0.15, 0.2) is 24.4 Å². The number of aromatic nitrogens is 2. The van der Waals surface area contributed by atoms with E-state index in [-0.39, 0.29) is 11.9 Å². The Balaban J connectivity index is 2.00. The largest absolute Gasteiger partial charge is 0.490 e. The maximum atomic E-state index is 13.4. The lowest BCUT2D eigenvalue weighted by Gasteiger charge is -2.27. The molecule has 1 aromatic heterocycles. The molecular formula is C13H14FN3O. The Hall–Kier alpha value is -2.04. The molecule has 1 fully saturated rings. The van der Waals surface area contributed by atoms with Crippen molar-refractivity contribution >= 4 is 5.82 Å². The third-order valence-electron chi connectivity index (χ3n) is 3.25. The maximum Gasteiger partial charge on any atom is 0.127 e. The number of aromatic amines is 1. The van der Waals surface area contributed by atoms with Crippen molar-refractivity contribution in [2.75, 3.05) is 5.73 Å². The summed E-state index contributed by atoms with van der Waals surface area (Å²) in [5.74, 6) is 0.764. The number of nitrogens with zero attached hydrogens (tertiary/aromatic N) is 1. The van der Waals surface area contributed by atoms with Gasteiger partial charge in [-0.1, -0.05) is 0 Å². The van der Waals surface area contributed by atoms with Crippen molar-refractivity contribution in [2.45, 2.75) is 25.4 Å². The van der Waals surface area contributed by atoms with Crippen molar-refractivity contribution in [2.24, 2.45) is 0 Å². The Morgan fingerprint density at radius 3 is 2.78 bits per heavy atom. The van der Waals surface area contributed by atoms with Crippen molar-refractivity contribution in [1.82, 2.24) is 10.2 Å². The van der Waals surface area contributed by atoms with Crippen LogP contribution < -0.4 is 10.5 Å². The van der Waals surface area contributed by atoms with Gasteiger partial charge < -0.3 is 10.5 Å². The number of benzene rings is 1. The van der Waals surface area contributed by atoms with Gasteiger partial charge in [-0.25, -0.2) is 4.39 Å². The van der Waals surface area contributed by atoms with Gasteiger partial charge in [-0.3, -0.25) is 5.10 Å². The molecule has 4 nitrogen and oxygen atoms in total. The molecule has 1 heterocycles. The van der Waals surface area contributed by atoms with E-state index < -0.39 is 0 Å². The lowest BCUT2D eigenvalue weighted by atomic mass is 9.96. The van der Waals surface area contributed by atoms with Crippen LogP contribution in [0.5, 0.6) is 5.75 Å². The molecule has 2 aromatic rings. The van der Waals surface area contributed by atoms with Crippen molar-refractivity contribution in [3.63, 3.8) is 0 Å². The Morgan fingerprint density at radius 1 is 1.33 bits per heavy atom. The summed E-state index contributed by atoms with van der Waals surface area (Å²) in [6.07, 6.45) is 5.12. The van der Waals surface area contributed by atoms with Crippen LogP contribution >= 0.6 is 0 Å². The molecule has 1 aliphatic carbocycles. The quantitative estimate of drug-likeness (QED) is 0.876. The minimum absolute atomic E-state index is 0.238. The number of nitrogens with two attached hydrogens (primary N) is 1. The average molecular weight is 247 g/mol. The first-order chi connectivity index (χ1) is 8.74. The van der Waals surface area contributed by atoms with Crippen molar-refractivity contribution in [3.05, 3.63) is 30.2 Å². The number of nitrogen functional groups attached to an aromatic ring is 1. The molecule has 0 amide bonds. The summed E-state index contributed by atoms with van der Waals surface area (Å²) in [5.41, 5.74) is 7.09. The number of H-pyrrole nitrogens is 1. The predicted molar refractivity (Wildman–Crippen MR) is 66.7 cm³/mol. The van der Waals surface area contributed by atoms with Crippen LogP contribution in [0.3, 0.4) is 0 Å². The third kappa shape index (κ3) is 1.92. The monoisotopic (exact) mass is 247 g/mol. The van der Waals surface area contributed by atoms with Gasteiger partial charge in [-0.15, -0.1) is 0 Å². The fourth-order valence-electron chi connectivity index (χ4n) is 1.99. The van der Waals surface area contributed by atoms with E-state index in [0.717, 1.165) is 12.8 Å². The van der Waals surface area contributed by atoms with Gasteiger partial charge in [0.05, 0.1) is 12.3 Å². The van der Waals surface area contributed by atoms with Crippen LogP contribution in [-0.4, -0.2) is 16.3 Å². The van der Waals surface area contributed by atoms with Crippen LogP contribution in [0.4, 0.5) is 10.2 Å². The molecule has 0 unspecified atom stereocenters. The number of ether oxygens (including phenoxy) is 1. The number of anilines is 1. The second-order valence-corrected chi connectivity index (χ2v) is 4.51. The van der Waals surface area contributed by atoms with Crippen LogP contribution in [-0.2, 0) is 0 Å². The SMILES string of the molecule is Nc1[nH]ncc1-c1cc(F)ccc1OC1CCC1. The van der Waals surface area contributed by atoms with E-state index in [0.29, 0.717) is 22.7 Å². The normalized spacial score (nSPS) is 15.4. The molecule has 3 rings (SSSR count). The highest BCUT2D eigenvalue weighted by Crippen LogP contribution is 2.36. The van der Waals surface area contributed by atoms with Gasteiger partial charge in [-0.05, 0) is 37.5 Å². The molecule has 0 aliphatic heterocycles. The lowest BCUT2D eigenvalue weighted by molar-refractivity contribution is 0.121. The van der Waals surface area contributed by atoms with Gasteiger partial charge in [0.15, 0.2) is 0 Å². The Bertz CT molecular complexity index is 563. The standard InChI is InChI=1S/C13H14FN3O/c14-8-4-5-12(18-9-2-1-3-9)10(6-8)11-7-16-17-13(11)15/h4-7,9H,1-3H2,(H3,15,16,17). The molecule has 1 saturated carbocycles. The first-order valence-electron chi connectivity index (χ1n) is 5.99. The van der Waals surface area contributed by atoms with Gasteiger partial charge in [0.1, 0.15) is 17.4 Å². The van der Waals surface area contributed by atoms with Crippen molar-refractivity contribution in [3.8, 4) is 16.9 Å². The number of rotatable bonds is 3. The molecule has 94 valence electrons. The summed E-state index contributed by atoms with van der Waals surface area (Å²) in [7, 11) is 0. The van der Waals surface area contributed by atoms with Gasteiger partial charge in [-0.2, -0.15) is 5.10 Å². The van der Waals surface area contributed by atoms with E-state index >= 15 is 0 Å². The minimum atomic E-state index is -0.313.